The molecule has 2 aromatic rings. The zero-order chi connectivity index (χ0) is 22.4. The van der Waals surface area contributed by atoms with Crippen LogP contribution < -0.4 is 14.2 Å². The van der Waals surface area contributed by atoms with Crippen molar-refractivity contribution in [3.05, 3.63) is 58.0 Å². The summed E-state index contributed by atoms with van der Waals surface area (Å²) in [5.74, 6) is 2.10. The molecule has 5 nitrogen and oxygen atoms in total. The van der Waals surface area contributed by atoms with Crippen molar-refractivity contribution in [2.24, 2.45) is 0 Å². The van der Waals surface area contributed by atoms with Crippen LogP contribution in [-0.2, 0) is 4.79 Å². The summed E-state index contributed by atoms with van der Waals surface area (Å²) < 4.78 is 17.7. The zero-order valence-electron chi connectivity index (χ0n) is 18.3. The van der Waals surface area contributed by atoms with Crippen molar-refractivity contribution >= 4 is 40.3 Å². The average Bonchev–Trinajstić information content (AvgIpc) is 3.03. The Balaban J connectivity index is 1.55. The van der Waals surface area contributed by atoms with Gasteiger partial charge in [0, 0.05) is 13.0 Å². The molecule has 0 aliphatic carbocycles. The minimum atomic E-state index is -0.0550. The van der Waals surface area contributed by atoms with E-state index in [9.17, 15) is 4.79 Å². The number of amides is 1. The van der Waals surface area contributed by atoms with E-state index in [4.69, 9.17) is 26.4 Å². The molecule has 2 aromatic carbocycles. The number of benzene rings is 2. The molecule has 0 spiro atoms. The quantitative estimate of drug-likeness (QED) is 0.286. The summed E-state index contributed by atoms with van der Waals surface area (Å²) >= 11 is 6.58. The van der Waals surface area contributed by atoms with Crippen LogP contribution in [0.1, 0.15) is 30.0 Å². The number of likely N-dealkylation sites (N-methyl/N-ethyl adjacent to an activating group) is 1. The van der Waals surface area contributed by atoms with E-state index >= 15 is 0 Å². The second-order valence-electron chi connectivity index (χ2n) is 7.13. The number of thioether (sulfide) groups is 1. The summed E-state index contributed by atoms with van der Waals surface area (Å²) in [4.78, 5) is 14.6. The van der Waals surface area contributed by atoms with Gasteiger partial charge < -0.3 is 14.2 Å². The van der Waals surface area contributed by atoms with Crippen LogP contribution in [0.2, 0.25) is 0 Å². The predicted octanol–water partition coefficient (Wildman–Crippen LogP) is 5.38. The predicted molar refractivity (Wildman–Crippen MR) is 130 cm³/mol. The van der Waals surface area contributed by atoms with Crippen LogP contribution in [0.25, 0.3) is 6.08 Å². The highest BCUT2D eigenvalue weighted by molar-refractivity contribution is 8.26. The van der Waals surface area contributed by atoms with Crippen LogP contribution in [0, 0.1) is 13.8 Å². The molecule has 0 aromatic heterocycles. The number of aryl methyl sites for hydroxylation is 2. The van der Waals surface area contributed by atoms with Crippen LogP contribution in [0.4, 0.5) is 0 Å². The zero-order valence-corrected chi connectivity index (χ0v) is 19.9. The lowest BCUT2D eigenvalue weighted by atomic mass is 10.1. The summed E-state index contributed by atoms with van der Waals surface area (Å²) in [6.07, 6.45) is 2.58. The summed E-state index contributed by atoms with van der Waals surface area (Å²) in [7, 11) is 1.60. The fourth-order valence-electron chi connectivity index (χ4n) is 3.05. The Bertz CT molecular complexity index is 1000. The molecule has 0 saturated carbocycles. The number of methoxy groups -OCH3 is 1. The van der Waals surface area contributed by atoms with E-state index in [1.807, 2.05) is 43.3 Å². The van der Waals surface area contributed by atoms with Gasteiger partial charge >= 0.3 is 0 Å². The molecule has 0 bridgehead atoms. The number of rotatable bonds is 9. The second kappa shape index (κ2) is 10.7. The maximum atomic E-state index is 12.4. The topological polar surface area (TPSA) is 48.0 Å². The van der Waals surface area contributed by atoms with Crippen molar-refractivity contribution in [1.82, 2.24) is 4.90 Å². The minimum Gasteiger partial charge on any atom is -0.493 e. The lowest BCUT2D eigenvalue weighted by molar-refractivity contribution is -0.121. The number of nitrogens with zero attached hydrogens (tertiary/aromatic N) is 1. The molecule has 1 aliphatic rings. The minimum absolute atomic E-state index is 0.0550. The van der Waals surface area contributed by atoms with E-state index in [-0.39, 0.29) is 5.91 Å². The van der Waals surface area contributed by atoms with E-state index in [0.717, 1.165) is 17.7 Å². The van der Waals surface area contributed by atoms with Crippen molar-refractivity contribution < 1.29 is 19.0 Å². The Kier molecular flexibility index (Phi) is 7.98. The largest absolute Gasteiger partial charge is 0.493 e. The lowest BCUT2D eigenvalue weighted by Crippen LogP contribution is -2.27. The molecular weight excluding hydrogens is 430 g/mol. The first kappa shape index (κ1) is 23.2. The Morgan fingerprint density at radius 3 is 2.48 bits per heavy atom. The average molecular weight is 458 g/mol. The van der Waals surface area contributed by atoms with E-state index < -0.39 is 0 Å². The first-order chi connectivity index (χ1) is 14.9. The molecule has 0 unspecified atom stereocenters. The van der Waals surface area contributed by atoms with Crippen molar-refractivity contribution in [2.45, 2.75) is 27.2 Å². The lowest BCUT2D eigenvalue weighted by Gasteiger charge is -2.12. The Morgan fingerprint density at radius 2 is 1.81 bits per heavy atom. The van der Waals surface area contributed by atoms with Gasteiger partial charge in [-0.15, -0.1) is 0 Å². The monoisotopic (exact) mass is 457 g/mol. The van der Waals surface area contributed by atoms with Gasteiger partial charge in [0.2, 0.25) is 0 Å². The maximum Gasteiger partial charge on any atom is 0.266 e. The van der Waals surface area contributed by atoms with E-state index in [1.165, 1.54) is 22.9 Å². The summed E-state index contributed by atoms with van der Waals surface area (Å²) in [6.45, 7) is 7.73. The summed E-state index contributed by atoms with van der Waals surface area (Å²) in [5.41, 5.74) is 3.33. The van der Waals surface area contributed by atoms with E-state index in [1.54, 1.807) is 12.0 Å². The molecular formula is C24H27NO4S2. The molecule has 1 aliphatic heterocycles. The number of hydrogen-bond acceptors (Lipinski definition) is 6. The molecule has 0 N–H and O–H groups in total. The normalized spacial score (nSPS) is 15.0. The fourth-order valence-corrected chi connectivity index (χ4v) is 4.44. The van der Waals surface area contributed by atoms with Crippen molar-refractivity contribution in [1.29, 1.82) is 0 Å². The van der Waals surface area contributed by atoms with Gasteiger partial charge in [0.15, 0.2) is 11.5 Å². The summed E-state index contributed by atoms with van der Waals surface area (Å²) in [5, 5.41) is 0. The number of thiocarbonyl (C=S) groups is 1. The highest BCUT2D eigenvalue weighted by Crippen LogP contribution is 2.34. The van der Waals surface area contributed by atoms with Gasteiger partial charge in [-0.25, -0.2) is 0 Å². The summed E-state index contributed by atoms with van der Waals surface area (Å²) in [6, 6.07) is 11.7. The third kappa shape index (κ3) is 5.80. The van der Waals surface area contributed by atoms with Crippen LogP contribution in [0.3, 0.4) is 0 Å². The molecule has 7 heteroatoms. The SMILES string of the molecule is CCN1C(=O)/C(=C\c2ccc(OCCCOc3ccc(C)c(C)c3)c(OC)c2)SC1=S. The Morgan fingerprint density at radius 1 is 1.03 bits per heavy atom. The first-order valence-electron chi connectivity index (χ1n) is 10.2. The third-order valence-electron chi connectivity index (χ3n) is 4.97. The first-order valence-corrected chi connectivity index (χ1v) is 11.4. The molecule has 31 heavy (non-hydrogen) atoms. The second-order valence-corrected chi connectivity index (χ2v) is 8.81. The third-order valence-corrected chi connectivity index (χ3v) is 6.35. The van der Waals surface area contributed by atoms with Gasteiger partial charge in [-0.2, -0.15) is 0 Å². The van der Waals surface area contributed by atoms with Gasteiger partial charge in [-0.1, -0.05) is 36.1 Å². The highest BCUT2D eigenvalue weighted by Gasteiger charge is 2.30. The highest BCUT2D eigenvalue weighted by atomic mass is 32.2. The van der Waals surface area contributed by atoms with Gasteiger partial charge in [-0.05, 0) is 67.8 Å². The van der Waals surface area contributed by atoms with Gasteiger partial charge in [0.25, 0.3) is 5.91 Å². The van der Waals surface area contributed by atoms with E-state index in [0.29, 0.717) is 40.5 Å². The molecule has 1 fully saturated rings. The van der Waals surface area contributed by atoms with Crippen LogP contribution in [0.15, 0.2) is 41.3 Å². The van der Waals surface area contributed by atoms with Crippen molar-refractivity contribution in [3.63, 3.8) is 0 Å². The van der Waals surface area contributed by atoms with Crippen LogP contribution >= 0.6 is 24.0 Å². The molecule has 3 rings (SSSR count). The van der Waals surface area contributed by atoms with Gasteiger partial charge in [0.05, 0.1) is 25.2 Å². The molecule has 164 valence electrons. The molecule has 1 heterocycles. The number of hydrogen-bond donors (Lipinski definition) is 0. The molecule has 1 amide bonds. The van der Waals surface area contributed by atoms with Crippen LogP contribution in [-0.4, -0.2) is 42.0 Å². The van der Waals surface area contributed by atoms with Gasteiger partial charge in [-0.3, -0.25) is 9.69 Å². The fraction of sp³-hybridized carbons (Fsp3) is 0.333. The molecule has 0 atom stereocenters. The molecule has 0 radical (unpaired) electrons. The smallest absolute Gasteiger partial charge is 0.266 e. The Hall–Kier alpha value is -2.51. The number of carbonyl (C=O) groups is 1. The van der Waals surface area contributed by atoms with Crippen molar-refractivity contribution in [3.8, 4) is 17.2 Å². The number of carbonyl (C=O) groups excluding carboxylic acids is 1. The van der Waals surface area contributed by atoms with Crippen molar-refractivity contribution in [2.75, 3.05) is 26.9 Å². The molecule has 1 saturated heterocycles. The van der Waals surface area contributed by atoms with E-state index in [2.05, 4.69) is 19.9 Å². The standard InChI is InChI=1S/C24H27NO4S2/c1-5-25-23(26)22(31-24(25)30)15-18-8-10-20(21(14-18)27-4)29-12-6-11-28-19-9-7-16(2)17(3)13-19/h7-10,13-15H,5-6,11-12H2,1-4H3/b22-15+. The van der Waals surface area contributed by atoms with Crippen LogP contribution in [0.5, 0.6) is 17.2 Å². The maximum absolute atomic E-state index is 12.4. The number of ether oxygens (including phenoxy) is 3. The van der Waals surface area contributed by atoms with Gasteiger partial charge in [0.1, 0.15) is 10.1 Å². The Labute approximate surface area is 193 Å².